The predicted molar refractivity (Wildman–Crippen MR) is 101 cm³/mol. The summed E-state index contributed by atoms with van der Waals surface area (Å²) >= 11 is 0. The van der Waals surface area contributed by atoms with Gasteiger partial charge in [-0.05, 0) is 32.0 Å². The van der Waals surface area contributed by atoms with Crippen molar-refractivity contribution < 1.29 is 13.9 Å². The van der Waals surface area contributed by atoms with Crippen molar-refractivity contribution >= 4 is 11.9 Å². The molecule has 7 heteroatoms. The Morgan fingerprint density at radius 3 is 2.69 bits per heavy atom. The molecular weight excluding hydrogens is 332 g/mol. The SMILES string of the molecule is CCNC(=NCc1ccccc1OCC)NCC(=O)NCc1ccco1. The van der Waals surface area contributed by atoms with Gasteiger partial charge in [0.2, 0.25) is 5.91 Å². The van der Waals surface area contributed by atoms with E-state index < -0.39 is 0 Å². The van der Waals surface area contributed by atoms with Crippen LogP contribution in [0.15, 0.2) is 52.1 Å². The second-order valence-electron chi connectivity index (χ2n) is 5.45. The van der Waals surface area contributed by atoms with Crippen LogP contribution in [0.5, 0.6) is 5.75 Å². The highest BCUT2D eigenvalue weighted by Gasteiger charge is 2.06. The van der Waals surface area contributed by atoms with E-state index in [-0.39, 0.29) is 12.5 Å². The number of rotatable bonds is 9. The van der Waals surface area contributed by atoms with Crippen molar-refractivity contribution in [1.82, 2.24) is 16.0 Å². The third-order valence-electron chi connectivity index (χ3n) is 3.48. The summed E-state index contributed by atoms with van der Waals surface area (Å²) in [6, 6.07) is 11.4. The summed E-state index contributed by atoms with van der Waals surface area (Å²) < 4.78 is 10.8. The number of carbonyl (C=O) groups is 1. The number of para-hydroxylation sites is 1. The zero-order valence-corrected chi connectivity index (χ0v) is 15.2. The van der Waals surface area contributed by atoms with Gasteiger partial charge in [0.15, 0.2) is 5.96 Å². The molecule has 26 heavy (non-hydrogen) atoms. The average molecular weight is 358 g/mol. The maximum absolute atomic E-state index is 11.9. The van der Waals surface area contributed by atoms with E-state index in [9.17, 15) is 4.79 Å². The minimum Gasteiger partial charge on any atom is -0.494 e. The molecule has 3 N–H and O–H groups in total. The highest BCUT2D eigenvalue weighted by atomic mass is 16.5. The van der Waals surface area contributed by atoms with Crippen LogP contribution in [0.25, 0.3) is 0 Å². The van der Waals surface area contributed by atoms with Crippen molar-refractivity contribution in [3.8, 4) is 5.75 Å². The lowest BCUT2D eigenvalue weighted by molar-refractivity contribution is -0.120. The number of nitrogens with zero attached hydrogens (tertiary/aromatic N) is 1. The van der Waals surface area contributed by atoms with Gasteiger partial charge in [-0.1, -0.05) is 18.2 Å². The average Bonchev–Trinajstić information content (AvgIpc) is 3.17. The van der Waals surface area contributed by atoms with E-state index in [2.05, 4.69) is 20.9 Å². The minimum atomic E-state index is -0.137. The molecule has 0 aliphatic carbocycles. The predicted octanol–water partition coefficient (Wildman–Crippen LogP) is 2.05. The number of hydrogen-bond donors (Lipinski definition) is 3. The number of furan rings is 1. The van der Waals surface area contributed by atoms with Gasteiger partial charge in [-0.2, -0.15) is 0 Å². The van der Waals surface area contributed by atoms with Gasteiger partial charge in [-0.25, -0.2) is 4.99 Å². The molecule has 1 aromatic heterocycles. The van der Waals surface area contributed by atoms with Crippen LogP contribution in [0.3, 0.4) is 0 Å². The summed E-state index contributed by atoms with van der Waals surface area (Å²) in [6.45, 7) is 6.18. The van der Waals surface area contributed by atoms with Crippen LogP contribution in [0.1, 0.15) is 25.2 Å². The first-order valence-electron chi connectivity index (χ1n) is 8.74. The summed E-state index contributed by atoms with van der Waals surface area (Å²) in [5, 5.41) is 8.94. The maximum atomic E-state index is 11.9. The Hall–Kier alpha value is -2.96. The molecule has 0 atom stereocenters. The second-order valence-corrected chi connectivity index (χ2v) is 5.45. The number of hydrogen-bond acceptors (Lipinski definition) is 4. The molecule has 0 unspecified atom stereocenters. The van der Waals surface area contributed by atoms with Gasteiger partial charge in [0, 0.05) is 12.1 Å². The first kappa shape index (κ1) is 19.4. The molecule has 0 saturated heterocycles. The van der Waals surface area contributed by atoms with Crippen LogP contribution in [0, 0.1) is 0 Å². The fourth-order valence-electron chi connectivity index (χ4n) is 2.26. The quantitative estimate of drug-likeness (QED) is 0.472. The monoisotopic (exact) mass is 358 g/mol. The number of amides is 1. The van der Waals surface area contributed by atoms with Crippen molar-refractivity contribution in [2.75, 3.05) is 19.7 Å². The van der Waals surface area contributed by atoms with Crippen LogP contribution in [-0.4, -0.2) is 31.6 Å². The first-order valence-corrected chi connectivity index (χ1v) is 8.74. The molecule has 2 aromatic rings. The number of ether oxygens (including phenoxy) is 1. The van der Waals surface area contributed by atoms with Gasteiger partial charge in [-0.3, -0.25) is 4.79 Å². The number of guanidine groups is 1. The Labute approximate surface area is 153 Å². The molecule has 0 spiro atoms. The van der Waals surface area contributed by atoms with Gasteiger partial charge in [0.25, 0.3) is 0 Å². The van der Waals surface area contributed by atoms with E-state index in [0.29, 0.717) is 38.0 Å². The van der Waals surface area contributed by atoms with E-state index in [1.54, 1.807) is 12.3 Å². The van der Waals surface area contributed by atoms with Crippen molar-refractivity contribution in [1.29, 1.82) is 0 Å². The lowest BCUT2D eigenvalue weighted by atomic mass is 10.2. The summed E-state index contributed by atoms with van der Waals surface area (Å²) in [5.41, 5.74) is 0.994. The van der Waals surface area contributed by atoms with Crippen molar-refractivity contribution in [2.24, 2.45) is 4.99 Å². The largest absolute Gasteiger partial charge is 0.494 e. The summed E-state index contributed by atoms with van der Waals surface area (Å²) in [4.78, 5) is 16.5. The van der Waals surface area contributed by atoms with Gasteiger partial charge in [0.1, 0.15) is 11.5 Å². The zero-order valence-electron chi connectivity index (χ0n) is 15.2. The molecule has 1 amide bonds. The molecule has 0 aliphatic heterocycles. The lowest BCUT2D eigenvalue weighted by Crippen LogP contribution is -2.43. The van der Waals surface area contributed by atoms with Gasteiger partial charge < -0.3 is 25.1 Å². The van der Waals surface area contributed by atoms with Crippen molar-refractivity contribution in [3.05, 3.63) is 54.0 Å². The molecular formula is C19H26N4O3. The highest BCUT2D eigenvalue weighted by Crippen LogP contribution is 2.18. The van der Waals surface area contributed by atoms with Gasteiger partial charge in [-0.15, -0.1) is 0 Å². The Morgan fingerprint density at radius 2 is 1.96 bits per heavy atom. The molecule has 0 saturated carbocycles. The molecule has 0 bridgehead atoms. The Morgan fingerprint density at radius 1 is 1.12 bits per heavy atom. The van der Waals surface area contributed by atoms with E-state index in [4.69, 9.17) is 9.15 Å². The van der Waals surface area contributed by atoms with Crippen LogP contribution < -0.4 is 20.7 Å². The third kappa shape index (κ3) is 6.51. The molecule has 2 rings (SSSR count). The van der Waals surface area contributed by atoms with E-state index in [0.717, 1.165) is 11.3 Å². The van der Waals surface area contributed by atoms with E-state index >= 15 is 0 Å². The Bertz CT molecular complexity index is 699. The highest BCUT2D eigenvalue weighted by molar-refractivity contribution is 5.86. The standard InChI is InChI=1S/C19H26N4O3/c1-3-20-19(22-12-15-8-5-6-10-17(15)25-4-2)23-14-18(24)21-13-16-9-7-11-26-16/h5-11H,3-4,12-14H2,1-2H3,(H,21,24)(H2,20,22,23). The van der Waals surface area contributed by atoms with Gasteiger partial charge >= 0.3 is 0 Å². The van der Waals surface area contributed by atoms with Crippen LogP contribution >= 0.6 is 0 Å². The fourth-order valence-corrected chi connectivity index (χ4v) is 2.26. The van der Waals surface area contributed by atoms with Crippen molar-refractivity contribution in [2.45, 2.75) is 26.9 Å². The Kier molecular flexibility index (Phi) is 8.05. The Balaban J connectivity index is 1.87. The summed E-state index contributed by atoms with van der Waals surface area (Å²) in [7, 11) is 0. The number of aliphatic imine (C=N–C) groups is 1. The maximum Gasteiger partial charge on any atom is 0.239 e. The number of benzene rings is 1. The zero-order chi connectivity index (χ0) is 18.6. The summed E-state index contributed by atoms with van der Waals surface area (Å²) in [5.74, 6) is 1.98. The van der Waals surface area contributed by atoms with Gasteiger partial charge in [0.05, 0.1) is 32.5 Å². The molecule has 0 fully saturated rings. The van der Waals surface area contributed by atoms with Crippen LogP contribution in [0.4, 0.5) is 0 Å². The van der Waals surface area contributed by atoms with Crippen LogP contribution in [-0.2, 0) is 17.9 Å². The molecule has 0 radical (unpaired) electrons. The normalized spacial score (nSPS) is 11.1. The molecule has 1 heterocycles. The summed E-state index contributed by atoms with van der Waals surface area (Å²) in [6.07, 6.45) is 1.58. The molecule has 7 nitrogen and oxygen atoms in total. The van der Waals surface area contributed by atoms with E-state index in [1.807, 2.05) is 44.2 Å². The first-order chi connectivity index (χ1) is 12.7. The van der Waals surface area contributed by atoms with E-state index in [1.165, 1.54) is 0 Å². The van der Waals surface area contributed by atoms with Crippen molar-refractivity contribution in [3.63, 3.8) is 0 Å². The molecule has 1 aromatic carbocycles. The number of nitrogens with one attached hydrogen (secondary N) is 3. The second kappa shape index (κ2) is 10.8. The number of carbonyl (C=O) groups excluding carboxylic acids is 1. The lowest BCUT2D eigenvalue weighted by Gasteiger charge is -2.12. The molecule has 0 aliphatic rings. The minimum absolute atomic E-state index is 0.125. The fraction of sp³-hybridized carbons (Fsp3) is 0.368. The topological polar surface area (TPSA) is 87.9 Å². The third-order valence-corrected chi connectivity index (χ3v) is 3.48. The van der Waals surface area contributed by atoms with Crippen LogP contribution in [0.2, 0.25) is 0 Å². The molecule has 140 valence electrons. The smallest absolute Gasteiger partial charge is 0.239 e.